The zero-order chi connectivity index (χ0) is 21.8. The number of methoxy groups -OCH3 is 1. The minimum atomic E-state index is -0.934. The van der Waals surface area contributed by atoms with Crippen molar-refractivity contribution in [3.8, 4) is 11.5 Å². The number of amides is 1. The first kappa shape index (κ1) is 21.5. The lowest BCUT2D eigenvalue weighted by molar-refractivity contribution is -0.136. The van der Waals surface area contributed by atoms with E-state index >= 15 is 0 Å². The van der Waals surface area contributed by atoms with Crippen molar-refractivity contribution in [3.05, 3.63) is 58.5 Å². The molecule has 0 spiro atoms. The highest BCUT2D eigenvalue weighted by Crippen LogP contribution is 2.31. The largest absolute Gasteiger partial charge is 0.466 e. The summed E-state index contributed by atoms with van der Waals surface area (Å²) < 4.78 is 39.0. The molecule has 2 N–H and O–H groups in total. The molecule has 2 aromatic rings. The molecule has 30 heavy (non-hydrogen) atoms. The third-order valence-corrected chi connectivity index (χ3v) is 4.37. The first-order valence-electron chi connectivity index (χ1n) is 8.61. The van der Waals surface area contributed by atoms with Crippen molar-refractivity contribution in [2.24, 2.45) is 0 Å². The number of halogens is 3. The monoisotopic (exact) mass is 439 g/mol. The molecular weight excluding hydrogens is 424 g/mol. The summed E-state index contributed by atoms with van der Waals surface area (Å²) in [7, 11) is 1.13. The van der Waals surface area contributed by atoms with Crippen LogP contribution in [-0.4, -0.2) is 53.7 Å². The van der Waals surface area contributed by atoms with E-state index in [1.54, 1.807) is 0 Å². The van der Waals surface area contributed by atoms with Crippen LogP contribution in [0.3, 0.4) is 0 Å². The topological polar surface area (TPSA) is 101 Å². The molecule has 0 atom stereocenters. The van der Waals surface area contributed by atoms with Crippen LogP contribution in [0.5, 0.6) is 11.5 Å². The number of nitrogens with zero attached hydrogens (tertiary/aromatic N) is 2. The lowest BCUT2D eigenvalue weighted by Crippen LogP contribution is -2.31. The highest BCUT2D eigenvalue weighted by molar-refractivity contribution is 6.29. The number of aliphatic hydroxyl groups is 1. The fourth-order valence-electron chi connectivity index (χ4n) is 2.76. The summed E-state index contributed by atoms with van der Waals surface area (Å²) in [6.45, 7) is -0.507. The van der Waals surface area contributed by atoms with Gasteiger partial charge in [-0.1, -0.05) is 11.6 Å². The van der Waals surface area contributed by atoms with Gasteiger partial charge in [-0.25, -0.2) is 18.6 Å². The van der Waals surface area contributed by atoms with Crippen LogP contribution in [0, 0.1) is 11.6 Å². The maximum atomic E-state index is 14.6. The molecule has 11 heteroatoms. The van der Waals surface area contributed by atoms with Gasteiger partial charge in [-0.3, -0.25) is 4.79 Å². The first-order valence-corrected chi connectivity index (χ1v) is 8.99. The Labute approximate surface area is 174 Å². The molecule has 0 unspecified atom stereocenters. The Morgan fingerprint density at radius 3 is 2.77 bits per heavy atom. The second kappa shape index (κ2) is 9.06. The number of anilines is 1. The summed E-state index contributed by atoms with van der Waals surface area (Å²) in [6.07, 6.45) is 1.34. The number of aromatic nitrogens is 1. The Balaban J connectivity index is 1.89. The number of esters is 1. The van der Waals surface area contributed by atoms with Crippen LogP contribution in [0.15, 0.2) is 41.7 Å². The molecule has 1 aliphatic rings. The highest BCUT2D eigenvalue weighted by Gasteiger charge is 2.35. The first-order chi connectivity index (χ1) is 14.3. The molecule has 0 aliphatic carbocycles. The summed E-state index contributed by atoms with van der Waals surface area (Å²) in [5.41, 5.74) is -0.714. The smallest absolute Gasteiger partial charge is 0.337 e. The summed E-state index contributed by atoms with van der Waals surface area (Å²) in [5.74, 6) is -3.59. The van der Waals surface area contributed by atoms with Crippen molar-refractivity contribution in [1.82, 2.24) is 9.88 Å². The number of rotatable bonds is 7. The number of β-amino-alcohol motifs (C(OH)–C–C–N with tert-alkyl or cyclic N) is 1. The Morgan fingerprint density at radius 1 is 1.33 bits per heavy atom. The zero-order valence-electron chi connectivity index (χ0n) is 15.6. The maximum absolute atomic E-state index is 14.6. The highest BCUT2D eigenvalue weighted by atomic mass is 35.5. The summed E-state index contributed by atoms with van der Waals surface area (Å²) in [5, 5.41) is 11.6. The van der Waals surface area contributed by atoms with E-state index < -0.39 is 29.3 Å². The van der Waals surface area contributed by atoms with E-state index in [0.717, 1.165) is 19.2 Å². The zero-order valence-corrected chi connectivity index (χ0v) is 16.4. The van der Waals surface area contributed by atoms with Crippen LogP contribution in [0.4, 0.5) is 14.5 Å². The predicted molar refractivity (Wildman–Crippen MR) is 102 cm³/mol. The number of carbonyl (C=O) groups is 2. The summed E-state index contributed by atoms with van der Waals surface area (Å²) >= 11 is 5.74. The molecule has 1 aromatic carbocycles. The predicted octanol–water partition coefficient (Wildman–Crippen LogP) is 2.48. The summed E-state index contributed by atoms with van der Waals surface area (Å²) in [6, 6.07) is 4.31. The second-order valence-corrected chi connectivity index (χ2v) is 6.49. The molecule has 0 saturated carbocycles. The number of nitrogens with one attached hydrogen (secondary N) is 1. The average Bonchev–Trinajstić information content (AvgIpc) is 3.01. The molecule has 158 valence electrons. The SMILES string of the molecule is COC(=O)C1=C(Nc2cc(F)c(Oc3ccnc(Cl)c3)cc2F)C(=O)N(CCO)C1. The third-order valence-electron chi connectivity index (χ3n) is 4.16. The van der Waals surface area contributed by atoms with Crippen LogP contribution in [0.25, 0.3) is 0 Å². The van der Waals surface area contributed by atoms with Gasteiger partial charge in [-0.2, -0.15) is 0 Å². The minimum absolute atomic E-state index is 0.0391. The molecule has 1 aromatic heterocycles. The lowest BCUT2D eigenvalue weighted by atomic mass is 10.2. The van der Waals surface area contributed by atoms with Crippen LogP contribution >= 0.6 is 11.6 Å². The average molecular weight is 440 g/mol. The van der Waals surface area contributed by atoms with Gasteiger partial charge in [0.05, 0.1) is 31.5 Å². The van der Waals surface area contributed by atoms with Gasteiger partial charge in [0.2, 0.25) is 0 Å². The van der Waals surface area contributed by atoms with Crippen molar-refractivity contribution >= 4 is 29.2 Å². The molecule has 0 fully saturated rings. The van der Waals surface area contributed by atoms with Gasteiger partial charge in [0.15, 0.2) is 17.4 Å². The van der Waals surface area contributed by atoms with Gasteiger partial charge in [0, 0.05) is 30.9 Å². The van der Waals surface area contributed by atoms with Gasteiger partial charge < -0.3 is 24.8 Å². The quantitative estimate of drug-likeness (QED) is 0.505. The Morgan fingerprint density at radius 2 is 2.10 bits per heavy atom. The van der Waals surface area contributed by atoms with Gasteiger partial charge in [0.25, 0.3) is 5.91 Å². The third kappa shape index (κ3) is 4.50. The molecule has 1 amide bonds. The van der Waals surface area contributed by atoms with E-state index in [9.17, 15) is 18.4 Å². The van der Waals surface area contributed by atoms with Crippen LogP contribution in [0.1, 0.15) is 0 Å². The molecule has 0 radical (unpaired) electrons. The van der Waals surface area contributed by atoms with Crippen molar-refractivity contribution in [2.45, 2.75) is 0 Å². The van der Waals surface area contributed by atoms with Crippen LogP contribution in [-0.2, 0) is 14.3 Å². The fourth-order valence-corrected chi connectivity index (χ4v) is 2.93. The van der Waals surface area contributed by atoms with E-state index in [0.29, 0.717) is 0 Å². The molecule has 8 nitrogen and oxygen atoms in total. The van der Waals surface area contributed by atoms with Gasteiger partial charge in [-0.15, -0.1) is 0 Å². The van der Waals surface area contributed by atoms with Crippen molar-refractivity contribution < 1.29 is 33.0 Å². The number of aliphatic hydroxyl groups excluding tert-OH is 1. The van der Waals surface area contributed by atoms with Crippen molar-refractivity contribution in [2.75, 3.05) is 32.1 Å². The van der Waals surface area contributed by atoms with Crippen LogP contribution in [0.2, 0.25) is 5.15 Å². The number of pyridine rings is 1. The van der Waals surface area contributed by atoms with E-state index in [1.807, 2.05) is 0 Å². The Hall–Kier alpha value is -3.24. The lowest BCUT2D eigenvalue weighted by Gasteiger charge is -2.15. The van der Waals surface area contributed by atoms with Crippen LogP contribution < -0.4 is 10.1 Å². The molecule has 1 aliphatic heterocycles. The van der Waals surface area contributed by atoms with E-state index in [2.05, 4.69) is 15.0 Å². The second-order valence-electron chi connectivity index (χ2n) is 6.10. The number of hydrogen-bond acceptors (Lipinski definition) is 7. The molecule has 0 saturated heterocycles. The minimum Gasteiger partial charge on any atom is -0.466 e. The van der Waals surface area contributed by atoms with E-state index in [4.69, 9.17) is 21.4 Å². The van der Waals surface area contributed by atoms with Gasteiger partial charge >= 0.3 is 5.97 Å². The fraction of sp³-hybridized carbons (Fsp3) is 0.211. The molecular formula is C19H16ClF2N3O5. The number of benzene rings is 1. The maximum Gasteiger partial charge on any atom is 0.337 e. The van der Waals surface area contributed by atoms with E-state index in [-0.39, 0.29) is 47.6 Å². The number of ether oxygens (including phenoxy) is 2. The Bertz CT molecular complexity index is 1030. The Kier molecular flexibility index (Phi) is 6.48. The van der Waals surface area contributed by atoms with E-state index in [1.165, 1.54) is 23.2 Å². The van der Waals surface area contributed by atoms with Crippen molar-refractivity contribution in [3.63, 3.8) is 0 Å². The van der Waals surface area contributed by atoms with Crippen molar-refractivity contribution in [1.29, 1.82) is 0 Å². The normalized spacial score (nSPS) is 13.6. The molecule has 2 heterocycles. The number of carbonyl (C=O) groups excluding carboxylic acids is 2. The van der Waals surface area contributed by atoms with Gasteiger partial charge in [0.1, 0.15) is 16.6 Å². The van der Waals surface area contributed by atoms with Gasteiger partial charge in [-0.05, 0) is 6.07 Å². The standard InChI is InChI=1S/C19H16ClF2N3O5/c1-29-19(28)11-9-25(4-5-26)18(27)17(11)24-14-7-13(22)15(8-12(14)21)30-10-2-3-23-16(20)6-10/h2-3,6-8,24,26H,4-5,9H2,1H3. The number of hydrogen-bond donors (Lipinski definition) is 2. The summed E-state index contributed by atoms with van der Waals surface area (Å²) in [4.78, 5) is 29.4. The molecule has 3 rings (SSSR count). The molecule has 0 bridgehead atoms.